The molecule has 0 bridgehead atoms. The standard InChI is InChI=1S/C9H9O3.3C4H9.Sn/c1-9-3-2-7(10)4-6(9)5-12-8(9)11;3*1-3-4-2;/h2-3,5H2,1H3;3*1,3-4H2,2H3;. The van der Waals surface area contributed by atoms with Gasteiger partial charge >= 0.3 is 158 Å². The summed E-state index contributed by atoms with van der Waals surface area (Å²) >= 11 is -2.82. The van der Waals surface area contributed by atoms with E-state index in [-0.39, 0.29) is 5.97 Å². The monoisotopic (exact) mass is 456 g/mol. The Balaban J connectivity index is 2.55. The van der Waals surface area contributed by atoms with Crippen molar-refractivity contribution in [3.63, 3.8) is 0 Å². The molecule has 1 atom stereocenters. The first kappa shape index (κ1) is 21.0. The van der Waals surface area contributed by atoms with Gasteiger partial charge in [0.25, 0.3) is 0 Å². The van der Waals surface area contributed by atoms with Crippen LogP contribution >= 0.6 is 0 Å². The molecule has 1 aliphatic heterocycles. The van der Waals surface area contributed by atoms with Crippen LogP contribution in [0, 0.1) is 5.41 Å². The first-order valence-corrected chi connectivity index (χ1v) is 17.9. The van der Waals surface area contributed by atoms with Crippen molar-refractivity contribution in [3.05, 3.63) is 9.16 Å². The summed E-state index contributed by atoms with van der Waals surface area (Å²) in [6.07, 6.45) is 8.49. The molecule has 0 spiro atoms. The van der Waals surface area contributed by atoms with Crippen molar-refractivity contribution < 1.29 is 14.3 Å². The van der Waals surface area contributed by atoms with Gasteiger partial charge in [0.05, 0.1) is 0 Å². The minimum atomic E-state index is -2.82. The number of unbranched alkanes of at least 4 members (excludes halogenated alkanes) is 3. The van der Waals surface area contributed by atoms with E-state index in [4.69, 9.17) is 4.74 Å². The van der Waals surface area contributed by atoms with Gasteiger partial charge in [-0.2, -0.15) is 0 Å². The Morgan fingerprint density at radius 1 is 0.960 bits per heavy atom. The summed E-state index contributed by atoms with van der Waals surface area (Å²) in [6.45, 7) is 9.18. The molecular weight excluding hydrogens is 419 g/mol. The molecular formula is C21H36O3Sn. The van der Waals surface area contributed by atoms with Gasteiger partial charge in [0, 0.05) is 0 Å². The van der Waals surface area contributed by atoms with Crippen LogP contribution in [0.4, 0.5) is 0 Å². The van der Waals surface area contributed by atoms with Crippen LogP contribution in [0.3, 0.4) is 0 Å². The van der Waals surface area contributed by atoms with Gasteiger partial charge in [0.1, 0.15) is 0 Å². The second-order valence-electron chi connectivity index (χ2n) is 8.28. The maximum atomic E-state index is 13.1. The zero-order valence-electron chi connectivity index (χ0n) is 16.7. The van der Waals surface area contributed by atoms with E-state index in [9.17, 15) is 9.59 Å². The Bertz CT molecular complexity index is 515. The molecule has 25 heavy (non-hydrogen) atoms. The quantitative estimate of drug-likeness (QED) is 0.318. The number of cyclic esters (lactones) is 1. The van der Waals surface area contributed by atoms with E-state index in [1.165, 1.54) is 55.4 Å². The SMILES string of the molecule is CCC[CH2][Sn]([CH2]CCC)([CH2]CCC)[C]1=C2COC(=O)C2(C)CCC1=O. The maximum absolute atomic E-state index is 13.1. The van der Waals surface area contributed by atoms with E-state index in [1.54, 1.807) is 0 Å². The van der Waals surface area contributed by atoms with Gasteiger partial charge in [-0.3, -0.25) is 0 Å². The molecule has 0 amide bonds. The molecule has 4 heteroatoms. The van der Waals surface area contributed by atoms with Gasteiger partial charge in [-0.15, -0.1) is 0 Å². The summed E-state index contributed by atoms with van der Waals surface area (Å²) in [4.78, 5) is 25.6. The third-order valence-corrected chi connectivity index (χ3v) is 22.4. The normalized spacial score (nSPS) is 23.8. The summed E-state index contributed by atoms with van der Waals surface area (Å²) < 4.78 is 10.5. The number of hydrogen-bond acceptors (Lipinski definition) is 3. The van der Waals surface area contributed by atoms with E-state index >= 15 is 0 Å². The summed E-state index contributed by atoms with van der Waals surface area (Å²) in [6, 6.07) is 0. The Morgan fingerprint density at radius 3 is 1.96 bits per heavy atom. The molecule has 0 aromatic rings. The van der Waals surface area contributed by atoms with Gasteiger partial charge < -0.3 is 0 Å². The van der Waals surface area contributed by atoms with Gasteiger partial charge in [0.2, 0.25) is 0 Å². The predicted molar refractivity (Wildman–Crippen MR) is 105 cm³/mol. The molecule has 0 radical (unpaired) electrons. The van der Waals surface area contributed by atoms with Crippen molar-refractivity contribution in [3.8, 4) is 0 Å². The number of hydrogen-bond donors (Lipinski definition) is 0. The van der Waals surface area contributed by atoms with Crippen LogP contribution in [-0.2, 0) is 14.3 Å². The summed E-state index contributed by atoms with van der Waals surface area (Å²) in [7, 11) is 0. The Kier molecular flexibility index (Phi) is 7.60. The number of ketones is 1. The van der Waals surface area contributed by atoms with Crippen molar-refractivity contribution in [2.75, 3.05) is 6.61 Å². The third-order valence-electron chi connectivity index (χ3n) is 6.45. The molecule has 2 aliphatic rings. The van der Waals surface area contributed by atoms with Crippen LogP contribution in [-0.4, -0.2) is 36.7 Å². The van der Waals surface area contributed by atoms with Gasteiger partial charge in [-0.05, 0) is 0 Å². The molecule has 1 saturated heterocycles. The summed E-state index contributed by atoms with van der Waals surface area (Å²) in [5.74, 6) is 0.291. The number of fused-ring (bicyclic) bond motifs is 1. The molecule has 3 nitrogen and oxygen atoms in total. The Labute approximate surface area is 157 Å². The molecule has 0 saturated carbocycles. The van der Waals surface area contributed by atoms with E-state index in [0.29, 0.717) is 25.2 Å². The summed E-state index contributed by atoms with van der Waals surface area (Å²) in [5.41, 5.74) is 0.614. The van der Waals surface area contributed by atoms with Crippen molar-refractivity contribution in [2.45, 2.75) is 92.4 Å². The molecule has 0 N–H and O–H groups in total. The van der Waals surface area contributed by atoms with E-state index < -0.39 is 23.8 Å². The fraction of sp³-hybridized carbons (Fsp3) is 0.810. The third kappa shape index (κ3) is 4.17. The molecule has 0 aromatic carbocycles. The first-order valence-electron chi connectivity index (χ1n) is 10.4. The molecule has 0 aromatic heterocycles. The second kappa shape index (κ2) is 9.05. The topological polar surface area (TPSA) is 43.4 Å². The zero-order valence-corrected chi connectivity index (χ0v) is 19.6. The van der Waals surface area contributed by atoms with E-state index in [2.05, 4.69) is 20.8 Å². The Hall–Kier alpha value is -0.321. The van der Waals surface area contributed by atoms with Gasteiger partial charge in [0.15, 0.2) is 0 Å². The fourth-order valence-electron chi connectivity index (χ4n) is 4.75. The number of esters is 1. The van der Waals surface area contributed by atoms with Crippen LogP contribution in [0.15, 0.2) is 9.16 Å². The average molecular weight is 455 g/mol. The number of Topliss-reactive ketones (excluding diaryl/α,β-unsaturated/α-hetero) is 1. The van der Waals surface area contributed by atoms with Gasteiger partial charge in [-0.1, -0.05) is 0 Å². The van der Waals surface area contributed by atoms with Crippen molar-refractivity contribution >= 4 is 30.1 Å². The van der Waals surface area contributed by atoms with Crippen molar-refractivity contribution in [2.24, 2.45) is 5.41 Å². The minimum absolute atomic E-state index is 0.0887. The number of rotatable bonds is 10. The van der Waals surface area contributed by atoms with Gasteiger partial charge in [-0.25, -0.2) is 0 Å². The number of allylic oxidation sites excluding steroid dienone is 1. The van der Waals surface area contributed by atoms with E-state index in [1.807, 2.05) is 6.92 Å². The molecule has 2 rings (SSSR count). The number of carbonyl (C=O) groups excluding carboxylic acids is 2. The Morgan fingerprint density at radius 2 is 1.48 bits per heavy atom. The van der Waals surface area contributed by atoms with Crippen LogP contribution in [0.2, 0.25) is 13.3 Å². The molecule has 1 unspecified atom stereocenters. The van der Waals surface area contributed by atoms with Crippen LogP contribution in [0.1, 0.15) is 79.1 Å². The molecule has 1 aliphatic carbocycles. The molecule has 1 fully saturated rings. The number of carbonyl (C=O) groups is 2. The second-order valence-corrected chi connectivity index (χ2v) is 21.3. The summed E-state index contributed by atoms with van der Waals surface area (Å²) in [5, 5.41) is 0. The van der Waals surface area contributed by atoms with Crippen LogP contribution in [0.5, 0.6) is 0 Å². The van der Waals surface area contributed by atoms with Crippen LogP contribution < -0.4 is 0 Å². The van der Waals surface area contributed by atoms with Crippen molar-refractivity contribution in [1.82, 2.24) is 0 Å². The number of ether oxygens (including phenoxy) is 1. The fourth-order valence-corrected chi connectivity index (χ4v) is 22.7. The van der Waals surface area contributed by atoms with Crippen molar-refractivity contribution in [1.29, 1.82) is 0 Å². The van der Waals surface area contributed by atoms with Crippen LogP contribution in [0.25, 0.3) is 0 Å². The van der Waals surface area contributed by atoms with E-state index in [0.717, 1.165) is 5.57 Å². The molecule has 1 heterocycles. The predicted octanol–water partition coefficient (Wildman–Crippen LogP) is 5.60. The zero-order chi connectivity index (χ0) is 18.5. The molecule has 142 valence electrons. The average Bonchev–Trinajstić information content (AvgIpc) is 2.91. The first-order chi connectivity index (χ1) is 11.9.